The minimum atomic E-state index is -1.82. The maximum absolute atomic E-state index is 10.3. The molecule has 0 saturated heterocycles. The number of hydrogen-bond acceptors (Lipinski definition) is 4. The standard InChI is InChI=1S/C7H10N2O4/c1-3-4(2-8-9-3)5(10)6(11)7(12)13/h2,5-6,10-11H,1H3,(H,8,9)(H,12,13). The number of carboxylic acid groups (broad SMARTS) is 1. The van der Waals surface area contributed by atoms with Crippen molar-refractivity contribution in [2.45, 2.75) is 19.1 Å². The minimum absolute atomic E-state index is 0.287. The van der Waals surface area contributed by atoms with Gasteiger partial charge in [-0.2, -0.15) is 5.10 Å². The lowest BCUT2D eigenvalue weighted by Gasteiger charge is -2.12. The van der Waals surface area contributed by atoms with E-state index in [2.05, 4.69) is 10.2 Å². The summed E-state index contributed by atoms with van der Waals surface area (Å²) in [5.74, 6) is -1.46. The van der Waals surface area contributed by atoms with Crippen LogP contribution in [0.4, 0.5) is 0 Å². The third-order valence-corrected chi connectivity index (χ3v) is 1.74. The lowest BCUT2D eigenvalue weighted by molar-refractivity contribution is -0.153. The summed E-state index contributed by atoms with van der Waals surface area (Å²) in [6, 6.07) is 0. The summed E-state index contributed by atoms with van der Waals surface area (Å²) in [7, 11) is 0. The Morgan fingerprint density at radius 2 is 2.23 bits per heavy atom. The number of aromatic amines is 1. The van der Waals surface area contributed by atoms with E-state index in [1.165, 1.54) is 6.20 Å². The number of carbonyl (C=O) groups is 1. The van der Waals surface area contributed by atoms with E-state index in [0.29, 0.717) is 5.69 Å². The molecule has 2 unspecified atom stereocenters. The molecule has 0 radical (unpaired) electrons. The molecule has 0 aliphatic carbocycles. The lowest BCUT2D eigenvalue weighted by atomic mass is 10.1. The Hall–Kier alpha value is -1.40. The maximum Gasteiger partial charge on any atom is 0.335 e. The summed E-state index contributed by atoms with van der Waals surface area (Å²) >= 11 is 0. The van der Waals surface area contributed by atoms with Gasteiger partial charge in [0.05, 0.1) is 6.20 Å². The Labute approximate surface area is 73.8 Å². The zero-order valence-electron chi connectivity index (χ0n) is 6.93. The number of rotatable bonds is 3. The molecule has 1 heterocycles. The van der Waals surface area contributed by atoms with Crippen LogP contribution >= 0.6 is 0 Å². The van der Waals surface area contributed by atoms with Crippen LogP contribution in [0.1, 0.15) is 17.4 Å². The van der Waals surface area contributed by atoms with E-state index >= 15 is 0 Å². The first-order chi connectivity index (χ1) is 6.04. The molecule has 0 bridgehead atoms. The SMILES string of the molecule is Cc1[nH]ncc1C(O)C(O)C(=O)O. The van der Waals surface area contributed by atoms with Crippen LogP contribution in [-0.4, -0.2) is 37.6 Å². The van der Waals surface area contributed by atoms with Crippen molar-refractivity contribution in [1.29, 1.82) is 0 Å². The topological polar surface area (TPSA) is 106 Å². The number of aliphatic carboxylic acids is 1. The van der Waals surface area contributed by atoms with Crippen LogP contribution in [0.25, 0.3) is 0 Å². The van der Waals surface area contributed by atoms with Crippen LogP contribution < -0.4 is 0 Å². The molecule has 2 atom stereocenters. The number of nitrogens with one attached hydrogen (secondary N) is 1. The molecule has 0 saturated carbocycles. The quantitative estimate of drug-likeness (QED) is 0.494. The molecule has 4 N–H and O–H groups in total. The van der Waals surface area contributed by atoms with E-state index in [1.807, 2.05) is 0 Å². The predicted octanol–water partition coefficient (Wildman–Crippen LogP) is -0.803. The normalized spacial score (nSPS) is 15.3. The summed E-state index contributed by atoms with van der Waals surface area (Å²) in [4.78, 5) is 10.3. The number of hydrogen-bond donors (Lipinski definition) is 4. The predicted molar refractivity (Wildman–Crippen MR) is 41.9 cm³/mol. The monoisotopic (exact) mass is 186 g/mol. The Kier molecular flexibility index (Phi) is 2.64. The van der Waals surface area contributed by atoms with Crippen molar-refractivity contribution >= 4 is 5.97 Å². The molecular weight excluding hydrogens is 176 g/mol. The fraction of sp³-hybridized carbons (Fsp3) is 0.429. The molecule has 13 heavy (non-hydrogen) atoms. The van der Waals surface area contributed by atoms with Gasteiger partial charge in [-0.1, -0.05) is 0 Å². The van der Waals surface area contributed by atoms with Gasteiger partial charge in [0, 0.05) is 11.3 Å². The van der Waals surface area contributed by atoms with Gasteiger partial charge in [0.1, 0.15) is 6.10 Å². The van der Waals surface area contributed by atoms with Gasteiger partial charge < -0.3 is 15.3 Å². The van der Waals surface area contributed by atoms with Gasteiger partial charge in [-0.3, -0.25) is 5.10 Å². The van der Waals surface area contributed by atoms with Gasteiger partial charge in [-0.15, -0.1) is 0 Å². The van der Waals surface area contributed by atoms with Crippen LogP contribution in [0.5, 0.6) is 0 Å². The van der Waals surface area contributed by atoms with Crippen molar-refractivity contribution in [1.82, 2.24) is 10.2 Å². The van der Waals surface area contributed by atoms with Crippen molar-refractivity contribution in [3.8, 4) is 0 Å². The molecule has 6 heteroatoms. The average Bonchev–Trinajstić information content (AvgIpc) is 2.48. The number of aliphatic hydroxyl groups excluding tert-OH is 2. The van der Waals surface area contributed by atoms with Crippen molar-refractivity contribution in [2.24, 2.45) is 0 Å². The van der Waals surface area contributed by atoms with Crippen LogP contribution in [-0.2, 0) is 4.79 Å². The first kappa shape index (κ1) is 9.69. The van der Waals surface area contributed by atoms with Crippen molar-refractivity contribution in [3.63, 3.8) is 0 Å². The van der Waals surface area contributed by atoms with Crippen molar-refractivity contribution in [3.05, 3.63) is 17.5 Å². The van der Waals surface area contributed by atoms with Gasteiger partial charge in [0.2, 0.25) is 0 Å². The van der Waals surface area contributed by atoms with Crippen LogP contribution in [0, 0.1) is 6.92 Å². The Balaban J connectivity index is 2.85. The first-order valence-electron chi connectivity index (χ1n) is 3.63. The number of H-pyrrole nitrogens is 1. The second-order valence-electron chi connectivity index (χ2n) is 2.68. The number of aryl methyl sites for hydroxylation is 1. The third-order valence-electron chi connectivity index (χ3n) is 1.74. The van der Waals surface area contributed by atoms with E-state index in [4.69, 9.17) is 10.2 Å². The van der Waals surface area contributed by atoms with E-state index in [9.17, 15) is 9.90 Å². The molecule has 1 aromatic heterocycles. The van der Waals surface area contributed by atoms with Gasteiger partial charge in [0.25, 0.3) is 0 Å². The highest BCUT2D eigenvalue weighted by molar-refractivity contribution is 5.73. The Morgan fingerprint density at radius 1 is 1.62 bits per heavy atom. The average molecular weight is 186 g/mol. The van der Waals surface area contributed by atoms with Gasteiger partial charge in [-0.05, 0) is 6.92 Å². The van der Waals surface area contributed by atoms with Crippen molar-refractivity contribution < 1.29 is 20.1 Å². The Bertz CT molecular complexity index is 309. The molecule has 0 fully saturated rings. The fourth-order valence-corrected chi connectivity index (χ4v) is 0.963. The van der Waals surface area contributed by atoms with E-state index in [0.717, 1.165) is 0 Å². The number of nitrogens with zero attached hydrogens (tertiary/aromatic N) is 1. The molecule has 1 aromatic rings. The number of aliphatic hydroxyl groups is 2. The van der Waals surface area contributed by atoms with Gasteiger partial charge >= 0.3 is 5.97 Å². The highest BCUT2D eigenvalue weighted by atomic mass is 16.4. The third kappa shape index (κ3) is 1.85. The molecular formula is C7H10N2O4. The number of aromatic nitrogens is 2. The molecule has 0 aliphatic rings. The van der Waals surface area contributed by atoms with Gasteiger partial charge in [-0.25, -0.2) is 4.79 Å². The second-order valence-corrected chi connectivity index (χ2v) is 2.68. The molecule has 1 rings (SSSR count). The highest BCUT2D eigenvalue weighted by Crippen LogP contribution is 2.18. The Morgan fingerprint density at radius 3 is 2.62 bits per heavy atom. The molecule has 0 amide bonds. The zero-order chi connectivity index (χ0) is 10.0. The largest absolute Gasteiger partial charge is 0.479 e. The van der Waals surface area contributed by atoms with Crippen LogP contribution in [0.2, 0.25) is 0 Å². The lowest BCUT2D eigenvalue weighted by Crippen LogP contribution is -2.27. The smallest absolute Gasteiger partial charge is 0.335 e. The molecule has 0 spiro atoms. The first-order valence-corrected chi connectivity index (χ1v) is 3.63. The summed E-state index contributed by atoms with van der Waals surface area (Å²) < 4.78 is 0. The van der Waals surface area contributed by atoms with Crippen LogP contribution in [0.3, 0.4) is 0 Å². The fourth-order valence-electron chi connectivity index (χ4n) is 0.963. The summed E-state index contributed by atoms with van der Waals surface area (Å²) in [5.41, 5.74) is 0.822. The summed E-state index contributed by atoms with van der Waals surface area (Å²) in [6.45, 7) is 1.63. The maximum atomic E-state index is 10.3. The molecule has 72 valence electrons. The summed E-state index contributed by atoms with van der Waals surface area (Å²) in [5, 5.41) is 32.9. The minimum Gasteiger partial charge on any atom is -0.479 e. The molecule has 0 aromatic carbocycles. The van der Waals surface area contributed by atoms with E-state index < -0.39 is 18.2 Å². The summed E-state index contributed by atoms with van der Waals surface area (Å²) in [6.07, 6.45) is -1.99. The zero-order valence-corrected chi connectivity index (χ0v) is 6.93. The van der Waals surface area contributed by atoms with Crippen molar-refractivity contribution in [2.75, 3.05) is 0 Å². The highest BCUT2D eigenvalue weighted by Gasteiger charge is 2.26. The second kappa shape index (κ2) is 3.55. The van der Waals surface area contributed by atoms with E-state index in [-0.39, 0.29) is 5.56 Å². The molecule has 0 aliphatic heterocycles. The van der Waals surface area contributed by atoms with Crippen LogP contribution in [0.15, 0.2) is 6.20 Å². The molecule has 6 nitrogen and oxygen atoms in total. The number of carboxylic acids is 1. The van der Waals surface area contributed by atoms with E-state index in [1.54, 1.807) is 6.92 Å². The van der Waals surface area contributed by atoms with Gasteiger partial charge in [0.15, 0.2) is 6.10 Å².